The van der Waals surface area contributed by atoms with Gasteiger partial charge >= 0.3 is 0 Å². The van der Waals surface area contributed by atoms with E-state index in [-0.39, 0.29) is 6.10 Å². The third kappa shape index (κ3) is 2.00. The zero-order chi connectivity index (χ0) is 10.0. The second kappa shape index (κ2) is 4.50. The molecule has 0 aromatic heterocycles. The van der Waals surface area contributed by atoms with Crippen LogP contribution in [0.3, 0.4) is 0 Å². The van der Waals surface area contributed by atoms with Gasteiger partial charge in [0.25, 0.3) is 0 Å². The van der Waals surface area contributed by atoms with E-state index in [1.54, 1.807) is 0 Å². The Hall–Kier alpha value is 0.400. The Morgan fingerprint density at radius 2 is 2.21 bits per heavy atom. The molecule has 2 aliphatic rings. The van der Waals surface area contributed by atoms with Crippen LogP contribution >= 0.6 is 23.5 Å². The molecule has 1 saturated heterocycles. The Bertz CT molecular complexity index is 231. The summed E-state index contributed by atoms with van der Waals surface area (Å²) in [5.74, 6) is 2.57. The lowest BCUT2D eigenvalue weighted by molar-refractivity contribution is 0.223. The van der Waals surface area contributed by atoms with Gasteiger partial charge < -0.3 is 5.11 Å². The second-order valence-corrected chi connectivity index (χ2v) is 7.00. The first-order valence-electron chi connectivity index (χ1n) is 5.44. The van der Waals surface area contributed by atoms with Gasteiger partial charge in [-0.05, 0) is 42.8 Å². The zero-order valence-corrected chi connectivity index (χ0v) is 10.3. The summed E-state index contributed by atoms with van der Waals surface area (Å²) in [7, 11) is 0. The molecule has 1 heterocycles. The van der Waals surface area contributed by atoms with Crippen molar-refractivity contribution in [1.82, 2.24) is 0 Å². The van der Waals surface area contributed by atoms with Crippen LogP contribution in [0, 0.1) is 0 Å². The maximum absolute atomic E-state index is 9.55. The summed E-state index contributed by atoms with van der Waals surface area (Å²) in [4.78, 5) is 0. The maximum Gasteiger partial charge on any atom is 0.0818 e. The SMILES string of the molecule is CCC1(C2=CC(O)CC2)SCCCS1. The molecule has 1 unspecified atom stereocenters. The van der Waals surface area contributed by atoms with E-state index in [1.165, 1.54) is 29.9 Å². The van der Waals surface area contributed by atoms with Gasteiger partial charge in [-0.2, -0.15) is 0 Å². The molecule has 3 heteroatoms. The largest absolute Gasteiger partial charge is 0.389 e. The standard InChI is InChI=1S/C11H18OS2/c1-2-11(13-6-3-7-14-11)9-4-5-10(12)8-9/h8,10,12H,2-7H2,1H3. The van der Waals surface area contributed by atoms with Crippen molar-refractivity contribution in [3.63, 3.8) is 0 Å². The Balaban J connectivity index is 2.14. The quantitative estimate of drug-likeness (QED) is 0.736. The molecule has 14 heavy (non-hydrogen) atoms. The average Bonchev–Trinajstić information content (AvgIpc) is 2.66. The molecular formula is C11H18OS2. The van der Waals surface area contributed by atoms with Crippen LogP contribution in [0.15, 0.2) is 11.6 Å². The van der Waals surface area contributed by atoms with Gasteiger partial charge in [-0.15, -0.1) is 23.5 Å². The van der Waals surface area contributed by atoms with E-state index >= 15 is 0 Å². The maximum atomic E-state index is 9.55. The molecule has 1 atom stereocenters. The summed E-state index contributed by atoms with van der Waals surface area (Å²) >= 11 is 4.19. The molecule has 0 aromatic rings. The first-order valence-corrected chi connectivity index (χ1v) is 7.41. The molecule has 1 fully saturated rings. The zero-order valence-electron chi connectivity index (χ0n) is 8.66. The van der Waals surface area contributed by atoms with Crippen LogP contribution in [0.5, 0.6) is 0 Å². The molecular weight excluding hydrogens is 212 g/mol. The molecule has 1 nitrogen and oxygen atoms in total. The number of rotatable bonds is 2. The summed E-state index contributed by atoms with van der Waals surface area (Å²) in [5.41, 5.74) is 1.50. The molecule has 0 bridgehead atoms. The van der Waals surface area contributed by atoms with Crippen molar-refractivity contribution >= 4 is 23.5 Å². The minimum Gasteiger partial charge on any atom is -0.389 e. The number of aliphatic hydroxyl groups is 1. The normalized spacial score (nSPS) is 31.6. The van der Waals surface area contributed by atoms with Crippen LogP contribution in [0.25, 0.3) is 0 Å². The molecule has 1 aliphatic heterocycles. The molecule has 0 radical (unpaired) electrons. The molecule has 0 saturated carbocycles. The highest BCUT2D eigenvalue weighted by atomic mass is 32.2. The number of hydrogen-bond acceptors (Lipinski definition) is 3. The van der Waals surface area contributed by atoms with Crippen LogP contribution in [0.1, 0.15) is 32.6 Å². The fourth-order valence-corrected chi connectivity index (χ4v) is 5.58. The molecule has 1 aliphatic carbocycles. The van der Waals surface area contributed by atoms with Crippen LogP contribution in [-0.4, -0.2) is 26.8 Å². The molecule has 2 rings (SSSR count). The van der Waals surface area contributed by atoms with Gasteiger partial charge in [-0.1, -0.05) is 13.0 Å². The van der Waals surface area contributed by atoms with Crippen molar-refractivity contribution in [1.29, 1.82) is 0 Å². The van der Waals surface area contributed by atoms with Crippen molar-refractivity contribution in [2.24, 2.45) is 0 Å². The van der Waals surface area contributed by atoms with Crippen molar-refractivity contribution in [2.75, 3.05) is 11.5 Å². The van der Waals surface area contributed by atoms with Crippen molar-refractivity contribution < 1.29 is 5.11 Å². The van der Waals surface area contributed by atoms with Gasteiger partial charge in [0.15, 0.2) is 0 Å². The molecule has 0 aromatic carbocycles. The summed E-state index contributed by atoms with van der Waals surface area (Å²) in [5, 5.41) is 9.55. The first-order chi connectivity index (χ1) is 6.77. The molecule has 1 N–H and O–H groups in total. The van der Waals surface area contributed by atoms with E-state index in [0.29, 0.717) is 4.08 Å². The lowest BCUT2D eigenvalue weighted by atomic mass is 10.1. The molecule has 80 valence electrons. The highest BCUT2D eigenvalue weighted by Gasteiger charge is 2.37. The number of hydrogen-bond donors (Lipinski definition) is 1. The minimum absolute atomic E-state index is 0.170. The Labute approximate surface area is 94.7 Å². The van der Waals surface area contributed by atoms with Crippen LogP contribution in [0.2, 0.25) is 0 Å². The summed E-state index contributed by atoms with van der Waals surface area (Å²) in [6, 6.07) is 0. The minimum atomic E-state index is -0.170. The lowest BCUT2D eigenvalue weighted by Crippen LogP contribution is -2.26. The van der Waals surface area contributed by atoms with Crippen LogP contribution < -0.4 is 0 Å². The summed E-state index contributed by atoms with van der Waals surface area (Å²) < 4.78 is 0.315. The summed E-state index contributed by atoms with van der Waals surface area (Å²) in [6.45, 7) is 2.27. The highest BCUT2D eigenvalue weighted by Crippen LogP contribution is 2.52. The topological polar surface area (TPSA) is 20.2 Å². The van der Waals surface area contributed by atoms with Gasteiger partial charge in [0.1, 0.15) is 0 Å². The van der Waals surface area contributed by atoms with Gasteiger partial charge in [-0.3, -0.25) is 0 Å². The van der Waals surface area contributed by atoms with E-state index in [4.69, 9.17) is 0 Å². The van der Waals surface area contributed by atoms with Crippen molar-refractivity contribution in [3.8, 4) is 0 Å². The van der Waals surface area contributed by atoms with Crippen LogP contribution in [0.4, 0.5) is 0 Å². The number of thioether (sulfide) groups is 2. The Morgan fingerprint density at radius 1 is 1.50 bits per heavy atom. The molecule has 0 amide bonds. The highest BCUT2D eigenvalue weighted by molar-refractivity contribution is 8.19. The Morgan fingerprint density at radius 3 is 2.71 bits per heavy atom. The van der Waals surface area contributed by atoms with Gasteiger partial charge in [-0.25, -0.2) is 0 Å². The fraction of sp³-hybridized carbons (Fsp3) is 0.818. The second-order valence-electron chi connectivity index (χ2n) is 3.95. The van der Waals surface area contributed by atoms with E-state index in [9.17, 15) is 5.11 Å². The fourth-order valence-electron chi connectivity index (χ4n) is 2.21. The first kappa shape index (κ1) is 10.9. The average molecular weight is 230 g/mol. The predicted octanol–water partition coefficient (Wildman–Crippen LogP) is 3.04. The monoisotopic (exact) mass is 230 g/mol. The smallest absolute Gasteiger partial charge is 0.0818 e. The van der Waals surface area contributed by atoms with E-state index < -0.39 is 0 Å². The van der Waals surface area contributed by atoms with Gasteiger partial charge in [0, 0.05) is 0 Å². The molecule has 0 spiro atoms. The van der Waals surface area contributed by atoms with Gasteiger partial charge in [0.2, 0.25) is 0 Å². The summed E-state index contributed by atoms with van der Waals surface area (Å²) in [6.07, 6.45) is 6.52. The van der Waals surface area contributed by atoms with Crippen molar-refractivity contribution in [2.45, 2.75) is 42.8 Å². The number of aliphatic hydroxyl groups excluding tert-OH is 1. The van der Waals surface area contributed by atoms with E-state index in [0.717, 1.165) is 12.8 Å². The van der Waals surface area contributed by atoms with E-state index in [1.807, 2.05) is 0 Å². The van der Waals surface area contributed by atoms with Crippen molar-refractivity contribution in [3.05, 3.63) is 11.6 Å². The lowest BCUT2D eigenvalue weighted by Gasteiger charge is -2.36. The third-order valence-corrected chi connectivity index (χ3v) is 6.74. The van der Waals surface area contributed by atoms with Gasteiger partial charge in [0.05, 0.1) is 10.2 Å². The van der Waals surface area contributed by atoms with Crippen LogP contribution in [-0.2, 0) is 0 Å². The Kier molecular flexibility index (Phi) is 3.50. The third-order valence-electron chi connectivity index (χ3n) is 3.02. The van der Waals surface area contributed by atoms with E-state index in [2.05, 4.69) is 36.5 Å². The predicted molar refractivity (Wildman–Crippen MR) is 65.9 cm³/mol.